The normalized spacial score (nSPS) is 10.7. The number of benzene rings is 2. The van der Waals surface area contributed by atoms with Gasteiger partial charge in [0.1, 0.15) is 5.82 Å². The lowest BCUT2D eigenvalue weighted by atomic mass is 10.1. The summed E-state index contributed by atoms with van der Waals surface area (Å²) in [5.74, 6) is 1.31. The van der Waals surface area contributed by atoms with Gasteiger partial charge in [-0.3, -0.25) is 4.98 Å². The first-order valence-electron chi connectivity index (χ1n) is 9.04. The molecule has 0 unspecified atom stereocenters. The van der Waals surface area contributed by atoms with E-state index >= 15 is 0 Å². The minimum absolute atomic E-state index is 0.576. The van der Waals surface area contributed by atoms with Gasteiger partial charge < -0.3 is 10.6 Å². The first-order chi connectivity index (χ1) is 13.2. The molecule has 5 heteroatoms. The van der Waals surface area contributed by atoms with Crippen LogP contribution in [0.1, 0.15) is 18.2 Å². The predicted octanol–water partition coefficient (Wildman–Crippen LogP) is 5.38. The highest BCUT2D eigenvalue weighted by molar-refractivity contribution is 5.91. The molecular weight excluding hydrogens is 334 g/mol. The number of para-hydroxylation sites is 2. The first kappa shape index (κ1) is 17.0. The number of nitrogens with zero attached hydrogens (tertiary/aromatic N) is 3. The Balaban J connectivity index is 1.66. The number of pyridine rings is 1. The smallest absolute Gasteiger partial charge is 0.229 e. The van der Waals surface area contributed by atoms with E-state index in [0.29, 0.717) is 5.95 Å². The van der Waals surface area contributed by atoms with Crippen molar-refractivity contribution in [2.75, 3.05) is 10.6 Å². The molecule has 0 fully saturated rings. The van der Waals surface area contributed by atoms with E-state index in [1.54, 1.807) is 6.20 Å². The SMILES string of the molecule is CCc1ccccc1Nc1nc(C)cc(Nc2cccc3cccnc23)n1. The molecule has 0 amide bonds. The van der Waals surface area contributed by atoms with Crippen molar-refractivity contribution in [3.05, 3.63) is 78.1 Å². The Labute approximate surface area is 158 Å². The second-order valence-electron chi connectivity index (χ2n) is 6.36. The molecule has 2 N–H and O–H groups in total. The molecule has 27 heavy (non-hydrogen) atoms. The van der Waals surface area contributed by atoms with E-state index in [-0.39, 0.29) is 0 Å². The van der Waals surface area contributed by atoms with Gasteiger partial charge in [0.05, 0.1) is 11.2 Å². The third-order valence-corrected chi connectivity index (χ3v) is 4.39. The van der Waals surface area contributed by atoms with E-state index in [4.69, 9.17) is 0 Å². The number of hydrogen-bond donors (Lipinski definition) is 2. The zero-order valence-corrected chi connectivity index (χ0v) is 15.4. The van der Waals surface area contributed by atoms with E-state index in [0.717, 1.165) is 40.2 Å². The van der Waals surface area contributed by atoms with Crippen LogP contribution in [0.5, 0.6) is 0 Å². The van der Waals surface area contributed by atoms with Crippen molar-refractivity contribution in [2.45, 2.75) is 20.3 Å². The third-order valence-electron chi connectivity index (χ3n) is 4.39. The van der Waals surface area contributed by atoms with E-state index in [2.05, 4.69) is 38.6 Å². The molecule has 4 rings (SSSR count). The highest BCUT2D eigenvalue weighted by Crippen LogP contribution is 2.25. The molecule has 0 saturated carbocycles. The molecule has 0 bridgehead atoms. The monoisotopic (exact) mass is 355 g/mol. The van der Waals surface area contributed by atoms with E-state index in [1.165, 1.54) is 5.56 Å². The summed E-state index contributed by atoms with van der Waals surface area (Å²) in [7, 11) is 0. The number of aromatic nitrogens is 3. The average molecular weight is 355 g/mol. The number of nitrogens with one attached hydrogen (secondary N) is 2. The van der Waals surface area contributed by atoms with Gasteiger partial charge in [0.25, 0.3) is 0 Å². The van der Waals surface area contributed by atoms with Crippen LogP contribution < -0.4 is 10.6 Å². The fourth-order valence-electron chi connectivity index (χ4n) is 3.10. The lowest BCUT2D eigenvalue weighted by Gasteiger charge is -2.13. The standard InChI is InChI=1S/C22H21N5/c1-3-16-8-4-5-11-18(16)26-22-24-15(2)14-20(27-22)25-19-12-6-9-17-10-7-13-23-21(17)19/h4-14H,3H2,1-2H3,(H2,24,25,26,27). The van der Waals surface area contributed by atoms with E-state index in [1.807, 2.05) is 61.5 Å². The molecule has 0 aliphatic rings. The fraction of sp³-hybridized carbons (Fsp3) is 0.136. The van der Waals surface area contributed by atoms with Gasteiger partial charge >= 0.3 is 0 Å². The molecule has 134 valence electrons. The molecule has 0 atom stereocenters. The molecule has 5 nitrogen and oxygen atoms in total. The van der Waals surface area contributed by atoms with Gasteiger partial charge in [-0.25, -0.2) is 4.98 Å². The lowest BCUT2D eigenvalue weighted by molar-refractivity contribution is 1.09. The van der Waals surface area contributed by atoms with Gasteiger partial charge in [0, 0.05) is 29.0 Å². The van der Waals surface area contributed by atoms with Crippen LogP contribution in [0.25, 0.3) is 10.9 Å². The number of fused-ring (bicyclic) bond motifs is 1. The highest BCUT2D eigenvalue weighted by Gasteiger charge is 2.08. The Morgan fingerprint density at radius 2 is 1.67 bits per heavy atom. The minimum atomic E-state index is 0.576. The predicted molar refractivity (Wildman–Crippen MR) is 111 cm³/mol. The van der Waals surface area contributed by atoms with Crippen LogP contribution >= 0.6 is 0 Å². The van der Waals surface area contributed by atoms with Crippen LogP contribution in [-0.2, 0) is 6.42 Å². The molecule has 0 saturated heterocycles. The van der Waals surface area contributed by atoms with Crippen molar-refractivity contribution >= 4 is 34.0 Å². The maximum Gasteiger partial charge on any atom is 0.229 e. The van der Waals surface area contributed by atoms with Crippen molar-refractivity contribution in [3.8, 4) is 0 Å². The second-order valence-corrected chi connectivity index (χ2v) is 6.36. The summed E-state index contributed by atoms with van der Waals surface area (Å²) in [6.07, 6.45) is 2.75. The van der Waals surface area contributed by atoms with Gasteiger partial charge in [0.15, 0.2) is 0 Å². The Kier molecular flexibility index (Phi) is 4.66. The maximum absolute atomic E-state index is 4.65. The van der Waals surface area contributed by atoms with Crippen molar-refractivity contribution in [1.82, 2.24) is 15.0 Å². The molecule has 2 aromatic carbocycles. The van der Waals surface area contributed by atoms with Crippen molar-refractivity contribution in [1.29, 1.82) is 0 Å². The molecule has 0 spiro atoms. The van der Waals surface area contributed by atoms with Crippen LogP contribution in [0.3, 0.4) is 0 Å². The van der Waals surface area contributed by atoms with Crippen molar-refractivity contribution < 1.29 is 0 Å². The largest absolute Gasteiger partial charge is 0.338 e. The van der Waals surface area contributed by atoms with Gasteiger partial charge in [-0.1, -0.05) is 43.3 Å². The van der Waals surface area contributed by atoms with E-state index in [9.17, 15) is 0 Å². The van der Waals surface area contributed by atoms with Crippen LogP contribution in [0.2, 0.25) is 0 Å². The van der Waals surface area contributed by atoms with E-state index < -0.39 is 0 Å². The van der Waals surface area contributed by atoms with Gasteiger partial charge in [-0.2, -0.15) is 4.98 Å². The Hall–Kier alpha value is -3.47. The maximum atomic E-state index is 4.65. The van der Waals surface area contributed by atoms with Crippen LogP contribution in [0.4, 0.5) is 23.1 Å². The van der Waals surface area contributed by atoms with Crippen LogP contribution in [-0.4, -0.2) is 15.0 Å². The lowest BCUT2D eigenvalue weighted by Crippen LogP contribution is -2.04. The fourth-order valence-corrected chi connectivity index (χ4v) is 3.10. The number of anilines is 4. The summed E-state index contributed by atoms with van der Waals surface area (Å²) in [6, 6.07) is 20.2. The first-order valence-corrected chi connectivity index (χ1v) is 9.04. The van der Waals surface area contributed by atoms with Crippen LogP contribution in [0, 0.1) is 6.92 Å². The topological polar surface area (TPSA) is 62.7 Å². The summed E-state index contributed by atoms with van der Waals surface area (Å²) in [5, 5.41) is 7.83. The van der Waals surface area contributed by atoms with Crippen molar-refractivity contribution in [3.63, 3.8) is 0 Å². The van der Waals surface area contributed by atoms with Gasteiger partial charge in [-0.15, -0.1) is 0 Å². The summed E-state index contributed by atoms with van der Waals surface area (Å²) >= 11 is 0. The summed E-state index contributed by atoms with van der Waals surface area (Å²) < 4.78 is 0. The molecule has 2 aromatic heterocycles. The Morgan fingerprint density at radius 3 is 2.56 bits per heavy atom. The average Bonchev–Trinajstić information content (AvgIpc) is 2.68. The number of rotatable bonds is 5. The summed E-state index contributed by atoms with van der Waals surface area (Å²) in [5.41, 5.74) is 4.99. The Morgan fingerprint density at radius 1 is 0.852 bits per heavy atom. The zero-order valence-electron chi connectivity index (χ0n) is 15.4. The molecule has 4 aromatic rings. The van der Waals surface area contributed by atoms with Crippen LogP contribution in [0.15, 0.2) is 66.9 Å². The molecule has 0 aliphatic carbocycles. The third kappa shape index (κ3) is 3.72. The minimum Gasteiger partial charge on any atom is -0.338 e. The number of hydrogen-bond acceptors (Lipinski definition) is 5. The molecule has 0 radical (unpaired) electrons. The summed E-state index contributed by atoms with van der Waals surface area (Å²) in [6.45, 7) is 4.10. The van der Waals surface area contributed by atoms with Gasteiger partial charge in [-0.05, 0) is 37.1 Å². The highest BCUT2D eigenvalue weighted by atomic mass is 15.1. The Bertz CT molecular complexity index is 1090. The molecule has 0 aliphatic heterocycles. The molecular formula is C22H21N5. The quantitative estimate of drug-likeness (QED) is 0.503. The molecule has 2 heterocycles. The number of aryl methyl sites for hydroxylation is 2. The second kappa shape index (κ2) is 7.41. The van der Waals surface area contributed by atoms with Gasteiger partial charge in [0.2, 0.25) is 5.95 Å². The van der Waals surface area contributed by atoms with Crippen molar-refractivity contribution in [2.24, 2.45) is 0 Å². The zero-order chi connectivity index (χ0) is 18.6. The summed E-state index contributed by atoms with van der Waals surface area (Å²) in [4.78, 5) is 13.7.